The first-order valence-corrected chi connectivity index (χ1v) is 10.1. The number of ether oxygens (including phenoxy) is 1. The molecule has 1 aliphatic rings. The summed E-state index contributed by atoms with van der Waals surface area (Å²) in [7, 11) is 0. The van der Waals surface area contributed by atoms with Crippen LogP contribution in [0, 0.1) is 5.82 Å². The number of nitrogens with zero attached hydrogens (tertiary/aromatic N) is 1. The molecule has 148 valence electrons. The number of thiophene rings is 1. The predicted octanol–water partition coefficient (Wildman–Crippen LogP) is 4.52. The van der Waals surface area contributed by atoms with Crippen molar-refractivity contribution in [2.24, 2.45) is 0 Å². The zero-order chi connectivity index (χ0) is 20.5. The van der Waals surface area contributed by atoms with Crippen molar-refractivity contribution < 1.29 is 18.7 Å². The number of benzene rings is 2. The quantitative estimate of drug-likeness (QED) is 0.509. The Morgan fingerprint density at radius 1 is 1.17 bits per heavy atom. The van der Waals surface area contributed by atoms with Crippen LogP contribution in [0.2, 0.25) is 0 Å². The SMILES string of the molecule is CCOC(=O)c1sc2c(c1F)CCN(C(=O)c1ccc(N)cc1)c1ccccc1-2. The van der Waals surface area contributed by atoms with Crippen LogP contribution in [0.25, 0.3) is 10.4 Å². The second-order valence-corrected chi connectivity index (χ2v) is 7.64. The van der Waals surface area contributed by atoms with Gasteiger partial charge in [0, 0.05) is 33.8 Å². The number of hydrogen-bond acceptors (Lipinski definition) is 5. The van der Waals surface area contributed by atoms with E-state index in [2.05, 4.69) is 0 Å². The summed E-state index contributed by atoms with van der Waals surface area (Å²) in [6, 6.07) is 14.1. The van der Waals surface area contributed by atoms with E-state index in [1.165, 1.54) is 0 Å². The highest BCUT2D eigenvalue weighted by Crippen LogP contribution is 2.43. The van der Waals surface area contributed by atoms with Crippen molar-refractivity contribution in [3.63, 3.8) is 0 Å². The number of nitrogens with two attached hydrogens (primary N) is 1. The van der Waals surface area contributed by atoms with Gasteiger partial charge < -0.3 is 15.4 Å². The first-order chi connectivity index (χ1) is 14.0. The summed E-state index contributed by atoms with van der Waals surface area (Å²) in [6.07, 6.45) is 0.298. The molecule has 0 atom stereocenters. The smallest absolute Gasteiger partial charge is 0.351 e. The highest BCUT2D eigenvalue weighted by molar-refractivity contribution is 7.17. The predicted molar refractivity (Wildman–Crippen MR) is 112 cm³/mol. The highest BCUT2D eigenvalue weighted by Gasteiger charge is 2.31. The summed E-state index contributed by atoms with van der Waals surface area (Å²) in [5.74, 6) is -1.39. The molecular weight excluding hydrogens is 391 g/mol. The van der Waals surface area contributed by atoms with E-state index in [9.17, 15) is 9.59 Å². The van der Waals surface area contributed by atoms with E-state index in [-0.39, 0.29) is 17.4 Å². The van der Waals surface area contributed by atoms with E-state index in [0.29, 0.717) is 40.3 Å². The molecule has 0 aliphatic carbocycles. The highest BCUT2D eigenvalue weighted by atomic mass is 32.1. The van der Waals surface area contributed by atoms with E-state index in [4.69, 9.17) is 10.5 Å². The molecule has 2 N–H and O–H groups in total. The minimum atomic E-state index is -0.657. The molecule has 0 fully saturated rings. The number of carbonyl (C=O) groups excluding carboxylic acids is 2. The van der Waals surface area contributed by atoms with Crippen LogP contribution in [0.1, 0.15) is 32.5 Å². The molecule has 0 radical (unpaired) electrons. The Morgan fingerprint density at radius 2 is 1.90 bits per heavy atom. The minimum absolute atomic E-state index is 0.0232. The molecule has 0 bridgehead atoms. The number of hydrogen-bond donors (Lipinski definition) is 1. The van der Waals surface area contributed by atoms with E-state index in [1.807, 2.05) is 24.3 Å². The fourth-order valence-corrected chi connectivity index (χ4v) is 4.61. The molecule has 0 unspecified atom stereocenters. The third kappa shape index (κ3) is 3.38. The fourth-order valence-electron chi connectivity index (χ4n) is 3.45. The van der Waals surface area contributed by atoms with Gasteiger partial charge in [0.25, 0.3) is 5.91 Å². The third-order valence-corrected chi connectivity index (χ3v) is 6.05. The molecule has 0 saturated carbocycles. The molecule has 4 rings (SSSR count). The average molecular weight is 410 g/mol. The molecular formula is C22H19FN2O3S. The maximum atomic E-state index is 15.1. The molecule has 5 nitrogen and oxygen atoms in total. The fraction of sp³-hybridized carbons (Fsp3) is 0.182. The Morgan fingerprint density at radius 3 is 2.62 bits per heavy atom. The van der Waals surface area contributed by atoms with E-state index in [0.717, 1.165) is 16.9 Å². The van der Waals surface area contributed by atoms with Crippen molar-refractivity contribution >= 4 is 34.6 Å². The number of anilines is 2. The molecule has 1 aromatic heterocycles. The second kappa shape index (κ2) is 7.67. The van der Waals surface area contributed by atoms with Gasteiger partial charge in [0.15, 0.2) is 5.82 Å². The van der Waals surface area contributed by atoms with Gasteiger partial charge >= 0.3 is 5.97 Å². The Labute approximate surface area is 171 Å². The van der Waals surface area contributed by atoms with Gasteiger partial charge in [-0.15, -0.1) is 11.3 Å². The maximum absolute atomic E-state index is 15.1. The maximum Gasteiger partial charge on any atom is 0.351 e. The van der Waals surface area contributed by atoms with Crippen LogP contribution in [-0.4, -0.2) is 25.0 Å². The Kier molecular flexibility index (Phi) is 5.07. The molecule has 0 spiro atoms. The van der Waals surface area contributed by atoms with E-state index < -0.39 is 11.8 Å². The molecule has 1 aliphatic heterocycles. The van der Waals surface area contributed by atoms with Crippen molar-refractivity contribution in [3.05, 3.63) is 70.4 Å². The number of carbonyl (C=O) groups is 2. The third-order valence-electron chi connectivity index (χ3n) is 4.83. The van der Waals surface area contributed by atoms with Gasteiger partial charge in [0.2, 0.25) is 0 Å². The molecule has 7 heteroatoms. The van der Waals surface area contributed by atoms with Gasteiger partial charge in [-0.2, -0.15) is 0 Å². The van der Waals surface area contributed by atoms with Crippen LogP contribution in [0.3, 0.4) is 0 Å². The second-order valence-electron chi connectivity index (χ2n) is 6.62. The molecule has 1 amide bonds. The monoisotopic (exact) mass is 410 g/mol. The zero-order valence-corrected chi connectivity index (χ0v) is 16.6. The Hall–Kier alpha value is -3.19. The Bertz CT molecular complexity index is 1090. The van der Waals surface area contributed by atoms with Gasteiger partial charge in [0.1, 0.15) is 4.88 Å². The lowest BCUT2D eigenvalue weighted by molar-refractivity contribution is 0.0527. The molecule has 29 heavy (non-hydrogen) atoms. The van der Waals surface area contributed by atoms with Gasteiger partial charge in [-0.1, -0.05) is 18.2 Å². The average Bonchev–Trinajstić information content (AvgIpc) is 2.96. The number of para-hydroxylation sites is 1. The van der Waals surface area contributed by atoms with E-state index in [1.54, 1.807) is 36.1 Å². The number of esters is 1. The van der Waals surface area contributed by atoms with Crippen molar-refractivity contribution in [2.45, 2.75) is 13.3 Å². The Balaban J connectivity index is 1.79. The largest absolute Gasteiger partial charge is 0.462 e. The lowest BCUT2D eigenvalue weighted by Crippen LogP contribution is -2.32. The van der Waals surface area contributed by atoms with Crippen molar-refractivity contribution in [3.8, 4) is 10.4 Å². The van der Waals surface area contributed by atoms with Crippen LogP contribution < -0.4 is 10.6 Å². The van der Waals surface area contributed by atoms with Gasteiger partial charge in [-0.3, -0.25) is 4.79 Å². The summed E-state index contributed by atoms with van der Waals surface area (Å²) in [6.45, 7) is 2.16. The van der Waals surface area contributed by atoms with Gasteiger partial charge in [-0.25, -0.2) is 9.18 Å². The molecule has 0 saturated heterocycles. The molecule has 2 aromatic carbocycles. The van der Waals surface area contributed by atoms with E-state index >= 15 is 4.39 Å². The lowest BCUT2D eigenvalue weighted by atomic mass is 10.1. The summed E-state index contributed by atoms with van der Waals surface area (Å²) in [4.78, 5) is 27.6. The standard InChI is InChI=1S/C22H19FN2O3S/c1-2-28-22(27)20-18(23)16-11-12-25(21(26)13-7-9-14(24)10-8-13)17-6-4-3-5-15(17)19(16)29-20/h3-10H,2,11-12,24H2,1H3. The lowest BCUT2D eigenvalue weighted by Gasteiger charge is -2.23. The van der Waals surface area contributed by atoms with Crippen LogP contribution in [0.4, 0.5) is 15.8 Å². The minimum Gasteiger partial charge on any atom is -0.462 e. The summed E-state index contributed by atoms with van der Waals surface area (Å²) in [5.41, 5.74) is 8.66. The normalized spacial score (nSPS) is 12.7. The summed E-state index contributed by atoms with van der Waals surface area (Å²) < 4.78 is 20.0. The number of amides is 1. The number of nitrogen functional groups attached to an aromatic ring is 1. The van der Waals surface area contributed by atoms with Gasteiger partial charge in [0.05, 0.1) is 12.3 Å². The summed E-state index contributed by atoms with van der Waals surface area (Å²) >= 11 is 1.07. The number of rotatable bonds is 3. The van der Waals surface area contributed by atoms with Crippen molar-refractivity contribution in [1.29, 1.82) is 0 Å². The topological polar surface area (TPSA) is 72.6 Å². The van der Waals surface area contributed by atoms with Crippen LogP contribution in [-0.2, 0) is 11.2 Å². The zero-order valence-electron chi connectivity index (χ0n) is 15.8. The first-order valence-electron chi connectivity index (χ1n) is 9.26. The number of halogens is 1. The van der Waals surface area contributed by atoms with Crippen LogP contribution >= 0.6 is 11.3 Å². The molecule has 2 heterocycles. The molecule has 3 aromatic rings. The van der Waals surface area contributed by atoms with Gasteiger partial charge in [-0.05, 0) is 43.7 Å². The first kappa shape index (κ1) is 19.1. The number of fused-ring (bicyclic) bond motifs is 3. The van der Waals surface area contributed by atoms with Crippen LogP contribution in [0.5, 0.6) is 0 Å². The van der Waals surface area contributed by atoms with Crippen molar-refractivity contribution in [2.75, 3.05) is 23.8 Å². The van der Waals surface area contributed by atoms with Crippen LogP contribution in [0.15, 0.2) is 48.5 Å². The summed E-state index contributed by atoms with van der Waals surface area (Å²) in [5, 5.41) is 0. The van der Waals surface area contributed by atoms with Crippen molar-refractivity contribution in [1.82, 2.24) is 0 Å².